The summed E-state index contributed by atoms with van der Waals surface area (Å²) in [6.07, 6.45) is 1.91. The van der Waals surface area contributed by atoms with Crippen molar-refractivity contribution < 1.29 is 4.79 Å². The number of allylic oxidation sites excluding steroid dienone is 4. The minimum atomic E-state index is -0.290. The smallest absolute Gasteiger partial charge is 0.221 e. The fourth-order valence-corrected chi connectivity index (χ4v) is 4.33. The van der Waals surface area contributed by atoms with Gasteiger partial charge in [0.1, 0.15) is 35.4 Å². The Kier molecular flexibility index (Phi) is 8.56. The average Bonchev–Trinajstić information content (AvgIpc) is 3.20. The molecule has 2 aromatic rings. The summed E-state index contributed by atoms with van der Waals surface area (Å²) >= 11 is 0. The summed E-state index contributed by atoms with van der Waals surface area (Å²) in [4.78, 5) is 19.1. The molecular formula is C29H25N7O. The highest BCUT2D eigenvalue weighted by molar-refractivity contribution is 6.52. The van der Waals surface area contributed by atoms with Gasteiger partial charge in [-0.3, -0.25) is 4.79 Å². The first-order chi connectivity index (χ1) is 17.9. The molecule has 1 amide bonds. The van der Waals surface area contributed by atoms with Crippen LogP contribution >= 0.6 is 0 Å². The molecule has 1 aliphatic carbocycles. The SMILES string of the molecule is CCCN(CCC)c1ccc(N=C2C(=C(C#N)C#N)c3ccccc3C2=C(C#N)C#N)c(NC(C)=O)c1. The average molecular weight is 488 g/mol. The van der Waals surface area contributed by atoms with E-state index >= 15 is 0 Å². The topological polar surface area (TPSA) is 140 Å². The summed E-state index contributed by atoms with van der Waals surface area (Å²) in [5, 5.41) is 41.7. The number of amides is 1. The Bertz CT molecular complexity index is 1390. The van der Waals surface area contributed by atoms with Crippen LogP contribution in [-0.4, -0.2) is 24.7 Å². The zero-order valence-electron chi connectivity index (χ0n) is 21.0. The second kappa shape index (κ2) is 12.0. The van der Waals surface area contributed by atoms with Crippen molar-refractivity contribution in [2.24, 2.45) is 4.99 Å². The summed E-state index contributed by atoms with van der Waals surface area (Å²) in [7, 11) is 0. The van der Waals surface area contributed by atoms with Crippen molar-refractivity contribution in [3.8, 4) is 24.3 Å². The zero-order chi connectivity index (χ0) is 26.9. The summed E-state index contributed by atoms with van der Waals surface area (Å²) in [6.45, 7) is 7.28. The van der Waals surface area contributed by atoms with Crippen molar-refractivity contribution in [1.82, 2.24) is 0 Å². The Morgan fingerprint density at radius 1 is 0.865 bits per heavy atom. The van der Waals surface area contributed by atoms with E-state index in [2.05, 4.69) is 24.1 Å². The highest BCUT2D eigenvalue weighted by Gasteiger charge is 2.33. The number of nitrogens with zero attached hydrogens (tertiary/aromatic N) is 6. The van der Waals surface area contributed by atoms with Crippen LogP contribution in [0.25, 0.3) is 11.1 Å². The van der Waals surface area contributed by atoms with Gasteiger partial charge in [-0.15, -0.1) is 0 Å². The molecule has 0 unspecified atom stereocenters. The number of hydrogen-bond acceptors (Lipinski definition) is 7. The standard InChI is InChI=1S/C29H25N7O/c1-4-12-36(13-5-2)22-10-11-25(26(14-22)34-19(3)37)35-29-27(20(15-30)16-31)23-8-6-7-9-24(23)28(29)21(17-32)18-33/h6-11,14H,4-5,12-13H2,1-3H3,(H,34,37). The Morgan fingerprint density at radius 2 is 1.38 bits per heavy atom. The predicted octanol–water partition coefficient (Wildman–Crippen LogP) is 5.66. The van der Waals surface area contributed by atoms with Crippen LogP contribution in [0.1, 0.15) is 44.7 Å². The van der Waals surface area contributed by atoms with Crippen molar-refractivity contribution in [1.29, 1.82) is 21.0 Å². The van der Waals surface area contributed by atoms with Crippen LogP contribution in [0, 0.1) is 45.3 Å². The molecule has 0 aliphatic heterocycles. The quantitative estimate of drug-likeness (QED) is 0.500. The van der Waals surface area contributed by atoms with Crippen molar-refractivity contribution in [2.75, 3.05) is 23.3 Å². The lowest BCUT2D eigenvalue weighted by molar-refractivity contribution is -0.114. The van der Waals surface area contributed by atoms with Gasteiger partial charge in [0.2, 0.25) is 5.91 Å². The molecule has 3 rings (SSSR count). The van der Waals surface area contributed by atoms with Crippen molar-refractivity contribution in [2.45, 2.75) is 33.6 Å². The molecule has 0 saturated carbocycles. The molecule has 0 atom stereocenters. The van der Waals surface area contributed by atoms with E-state index < -0.39 is 0 Å². The van der Waals surface area contributed by atoms with Crippen LogP contribution in [0.2, 0.25) is 0 Å². The number of benzene rings is 2. The molecule has 0 bridgehead atoms. The van der Waals surface area contributed by atoms with E-state index in [0.29, 0.717) is 22.5 Å². The molecule has 0 fully saturated rings. The van der Waals surface area contributed by atoms with Crippen molar-refractivity contribution in [3.63, 3.8) is 0 Å². The van der Waals surface area contributed by atoms with E-state index in [1.54, 1.807) is 30.3 Å². The monoisotopic (exact) mass is 487 g/mol. The van der Waals surface area contributed by atoms with Crippen LogP contribution in [0.5, 0.6) is 0 Å². The van der Waals surface area contributed by atoms with Gasteiger partial charge in [0.05, 0.1) is 17.1 Å². The maximum atomic E-state index is 12.1. The number of nitrogens with one attached hydrogen (secondary N) is 1. The fraction of sp³-hybridized carbons (Fsp3) is 0.241. The van der Waals surface area contributed by atoms with Crippen molar-refractivity contribution >= 4 is 39.8 Å². The van der Waals surface area contributed by atoms with Gasteiger partial charge in [-0.25, -0.2) is 4.99 Å². The van der Waals surface area contributed by atoms with Gasteiger partial charge in [0, 0.05) is 36.8 Å². The molecule has 8 heteroatoms. The Morgan fingerprint density at radius 3 is 1.81 bits per heavy atom. The number of aliphatic imine (C=N–C) groups is 1. The third kappa shape index (κ3) is 5.40. The Hall–Kier alpha value is -5.18. The molecule has 2 aromatic carbocycles. The highest BCUT2D eigenvalue weighted by atomic mass is 16.1. The number of anilines is 2. The lowest BCUT2D eigenvalue weighted by Gasteiger charge is -2.25. The molecule has 182 valence electrons. The third-order valence-corrected chi connectivity index (χ3v) is 5.76. The normalized spacial score (nSPS) is 11.4. The summed E-state index contributed by atoms with van der Waals surface area (Å²) in [6, 6.07) is 20.1. The lowest BCUT2D eigenvalue weighted by Crippen LogP contribution is -2.24. The van der Waals surface area contributed by atoms with Crippen LogP contribution in [0.15, 0.2) is 58.6 Å². The van der Waals surface area contributed by atoms with Crippen LogP contribution in [-0.2, 0) is 4.79 Å². The number of carbonyl (C=O) groups excluding carboxylic acids is 1. The molecular weight excluding hydrogens is 462 g/mol. The molecule has 0 spiro atoms. The molecule has 1 N–H and O–H groups in total. The van der Waals surface area contributed by atoms with Gasteiger partial charge >= 0.3 is 0 Å². The molecule has 1 aliphatic rings. The lowest BCUT2D eigenvalue weighted by atomic mass is 10.0. The second-order valence-corrected chi connectivity index (χ2v) is 8.32. The number of fused-ring (bicyclic) bond motifs is 1. The highest BCUT2D eigenvalue weighted by Crippen LogP contribution is 2.43. The minimum Gasteiger partial charge on any atom is -0.371 e. The molecule has 0 aromatic heterocycles. The van der Waals surface area contributed by atoms with E-state index in [4.69, 9.17) is 4.99 Å². The predicted molar refractivity (Wildman–Crippen MR) is 143 cm³/mol. The third-order valence-electron chi connectivity index (χ3n) is 5.76. The van der Waals surface area contributed by atoms with E-state index in [-0.39, 0.29) is 33.9 Å². The Balaban J connectivity index is 2.37. The maximum Gasteiger partial charge on any atom is 0.221 e. The van der Waals surface area contributed by atoms with Gasteiger partial charge in [-0.2, -0.15) is 21.0 Å². The molecule has 0 saturated heterocycles. The fourth-order valence-electron chi connectivity index (χ4n) is 4.33. The molecule has 8 nitrogen and oxygen atoms in total. The van der Waals surface area contributed by atoms with Gasteiger partial charge in [0.25, 0.3) is 0 Å². The van der Waals surface area contributed by atoms with Gasteiger partial charge < -0.3 is 10.2 Å². The summed E-state index contributed by atoms with van der Waals surface area (Å²) < 4.78 is 0. The van der Waals surface area contributed by atoms with Gasteiger partial charge in [0.15, 0.2) is 0 Å². The summed E-state index contributed by atoms with van der Waals surface area (Å²) in [5.41, 5.74) is 3.07. The largest absolute Gasteiger partial charge is 0.371 e. The molecule has 0 radical (unpaired) electrons. The van der Waals surface area contributed by atoms with Crippen LogP contribution < -0.4 is 10.2 Å². The summed E-state index contributed by atoms with van der Waals surface area (Å²) in [5.74, 6) is -0.290. The first kappa shape index (κ1) is 26.4. The number of carbonyl (C=O) groups is 1. The van der Waals surface area contributed by atoms with E-state index in [1.165, 1.54) is 6.92 Å². The number of hydrogen-bond donors (Lipinski definition) is 1. The maximum absolute atomic E-state index is 12.1. The van der Waals surface area contributed by atoms with E-state index in [9.17, 15) is 25.8 Å². The van der Waals surface area contributed by atoms with Crippen LogP contribution in [0.3, 0.4) is 0 Å². The Labute approximate surface area is 216 Å². The number of rotatable bonds is 7. The first-order valence-electron chi connectivity index (χ1n) is 11.9. The zero-order valence-corrected chi connectivity index (χ0v) is 21.0. The minimum absolute atomic E-state index is 0.163. The van der Waals surface area contributed by atoms with Crippen molar-refractivity contribution in [3.05, 3.63) is 64.7 Å². The van der Waals surface area contributed by atoms with E-state index in [0.717, 1.165) is 31.6 Å². The van der Waals surface area contributed by atoms with E-state index in [1.807, 2.05) is 36.4 Å². The first-order valence-corrected chi connectivity index (χ1v) is 11.9. The number of nitriles is 4. The van der Waals surface area contributed by atoms with Gasteiger partial charge in [-0.05, 0) is 42.2 Å². The van der Waals surface area contributed by atoms with Crippen LogP contribution in [0.4, 0.5) is 17.1 Å². The molecule has 0 heterocycles. The van der Waals surface area contributed by atoms with Gasteiger partial charge in [-0.1, -0.05) is 38.1 Å². The molecule has 37 heavy (non-hydrogen) atoms. The second-order valence-electron chi connectivity index (χ2n) is 8.32.